The summed E-state index contributed by atoms with van der Waals surface area (Å²) in [5.41, 5.74) is 5.03. The Morgan fingerprint density at radius 2 is 2.15 bits per heavy atom. The highest BCUT2D eigenvalue weighted by atomic mass is 19.1. The van der Waals surface area contributed by atoms with E-state index in [1.807, 2.05) is 13.8 Å². The molecule has 0 bridgehead atoms. The van der Waals surface area contributed by atoms with E-state index in [1.54, 1.807) is 0 Å². The molecule has 2 N–H and O–H groups in total. The van der Waals surface area contributed by atoms with Gasteiger partial charge in [0.05, 0.1) is 6.20 Å². The summed E-state index contributed by atoms with van der Waals surface area (Å²) in [6.07, 6.45) is 1.08. The van der Waals surface area contributed by atoms with Gasteiger partial charge in [-0.3, -0.25) is 10.3 Å². The van der Waals surface area contributed by atoms with Gasteiger partial charge in [-0.1, -0.05) is 0 Å². The van der Waals surface area contributed by atoms with Crippen LogP contribution in [-0.4, -0.2) is 10.7 Å². The third kappa shape index (κ3) is 2.87. The molecule has 0 spiro atoms. The third-order valence-electron chi connectivity index (χ3n) is 1.35. The molecule has 1 aromatic heterocycles. The Labute approximate surface area is 75.3 Å². The number of hydrogen-bond acceptors (Lipinski definition) is 3. The summed E-state index contributed by atoms with van der Waals surface area (Å²) in [5, 5.41) is 0. The molecule has 0 unspecified atom stereocenters. The van der Waals surface area contributed by atoms with Crippen molar-refractivity contribution in [1.29, 1.82) is 0 Å². The van der Waals surface area contributed by atoms with Crippen molar-refractivity contribution in [3.63, 3.8) is 0 Å². The molecule has 13 heavy (non-hydrogen) atoms. The maximum Gasteiger partial charge on any atom is 0.270 e. The monoisotopic (exact) mass is 185 g/mol. The third-order valence-corrected chi connectivity index (χ3v) is 1.35. The number of halogens is 1. The Bertz CT molecular complexity index is 334. The molecule has 0 aromatic carbocycles. The molecule has 1 rings (SSSR count). The second-order valence-electron chi connectivity index (χ2n) is 2.97. The molecule has 0 saturated carbocycles. The van der Waals surface area contributed by atoms with Gasteiger partial charge in [-0.05, 0) is 19.9 Å². The van der Waals surface area contributed by atoms with E-state index in [4.69, 9.17) is 0 Å². The van der Waals surface area contributed by atoms with Crippen molar-refractivity contribution < 1.29 is 4.39 Å². The van der Waals surface area contributed by atoms with Crippen LogP contribution in [0.25, 0.3) is 0 Å². The molecular weight excluding hydrogens is 173 g/mol. The minimum atomic E-state index is -0.461. The van der Waals surface area contributed by atoms with Crippen LogP contribution in [-0.2, 0) is 0 Å². The first-order valence-electron chi connectivity index (χ1n) is 3.99. The van der Waals surface area contributed by atoms with Crippen LogP contribution in [0, 0.1) is 5.82 Å². The Hall–Kier alpha value is -1.36. The van der Waals surface area contributed by atoms with Crippen molar-refractivity contribution in [3.8, 4) is 0 Å². The number of rotatable bonds is 3. The first-order chi connectivity index (χ1) is 6.09. The van der Waals surface area contributed by atoms with Crippen molar-refractivity contribution in [2.75, 3.05) is 5.53 Å². The molecule has 0 fully saturated rings. The molecule has 1 aromatic rings. The summed E-state index contributed by atoms with van der Waals surface area (Å²) < 4.78 is 13.7. The lowest BCUT2D eigenvalue weighted by atomic mass is 10.4. The van der Waals surface area contributed by atoms with Gasteiger partial charge < -0.3 is 0 Å². The number of pyridine rings is 1. The highest BCUT2D eigenvalue weighted by Gasteiger charge is 1.96. The van der Waals surface area contributed by atoms with E-state index in [0.29, 0.717) is 0 Å². The van der Waals surface area contributed by atoms with Crippen LogP contribution in [0.5, 0.6) is 0 Å². The molecule has 0 aliphatic rings. The molecule has 0 aliphatic heterocycles. The van der Waals surface area contributed by atoms with Gasteiger partial charge in [0, 0.05) is 12.1 Å². The smallest absolute Gasteiger partial charge is 0.267 e. The summed E-state index contributed by atoms with van der Waals surface area (Å²) in [4.78, 5) is 11.1. The zero-order valence-electron chi connectivity index (χ0n) is 7.54. The summed E-state index contributed by atoms with van der Waals surface area (Å²) in [5.74, 6) is -0.461. The summed E-state index contributed by atoms with van der Waals surface area (Å²) in [7, 11) is 0. The fourth-order valence-electron chi connectivity index (χ4n) is 0.747. The van der Waals surface area contributed by atoms with Crippen molar-refractivity contribution in [1.82, 2.24) is 10.1 Å². The average Bonchev–Trinajstić information content (AvgIpc) is 2.06. The van der Waals surface area contributed by atoms with E-state index in [-0.39, 0.29) is 11.6 Å². The predicted molar refractivity (Wildman–Crippen MR) is 48.3 cm³/mol. The number of nitrogens with zero attached hydrogens (tertiary/aromatic N) is 1. The average molecular weight is 185 g/mol. The Morgan fingerprint density at radius 1 is 1.46 bits per heavy atom. The standard InChI is InChI=1S/C8H12FN3O/c1-6(2)10-11-12-5-7(9)3-4-8(12)13/h3-6,10-11H,1-2H3. The topological polar surface area (TPSA) is 46.1 Å². The van der Waals surface area contributed by atoms with E-state index in [9.17, 15) is 9.18 Å². The van der Waals surface area contributed by atoms with Gasteiger partial charge in [0.2, 0.25) is 0 Å². The second kappa shape index (κ2) is 4.04. The lowest BCUT2D eigenvalue weighted by Gasteiger charge is -2.12. The minimum absolute atomic E-state index is 0.162. The van der Waals surface area contributed by atoms with Crippen molar-refractivity contribution in [3.05, 3.63) is 34.5 Å². The molecule has 5 heteroatoms. The Balaban J connectivity index is 2.76. The number of hydrazine groups is 1. The van der Waals surface area contributed by atoms with Gasteiger partial charge in [-0.25, -0.2) is 14.5 Å². The minimum Gasteiger partial charge on any atom is -0.267 e. The van der Waals surface area contributed by atoms with Gasteiger partial charge >= 0.3 is 0 Å². The van der Waals surface area contributed by atoms with Crippen LogP contribution in [0.3, 0.4) is 0 Å². The largest absolute Gasteiger partial charge is 0.270 e. The Kier molecular flexibility index (Phi) is 3.02. The van der Waals surface area contributed by atoms with E-state index in [0.717, 1.165) is 23.0 Å². The van der Waals surface area contributed by atoms with Crippen LogP contribution in [0.1, 0.15) is 13.8 Å². The molecule has 72 valence electrons. The van der Waals surface area contributed by atoms with Crippen molar-refractivity contribution in [2.45, 2.75) is 19.9 Å². The normalized spacial score (nSPS) is 10.5. The zero-order chi connectivity index (χ0) is 9.84. The molecule has 0 radical (unpaired) electrons. The van der Waals surface area contributed by atoms with Crippen LogP contribution in [0.2, 0.25) is 0 Å². The maximum atomic E-state index is 12.6. The summed E-state index contributed by atoms with van der Waals surface area (Å²) >= 11 is 0. The second-order valence-corrected chi connectivity index (χ2v) is 2.97. The van der Waals surface area contributed by atoms with Crippen LogP contribution >= 0.6 is 0 Å². The lowest BCUT2D eigenvalue weighted by molar-refractivity contribution is 0.557. The quantitative estimate of drug-likeness (QED) is 0.672. The highest BCUT2D eigenvalue weighted by molar-refractivity contribution is 4.97. The molecular formula is C8H12FN3O. The SMILES string of the molecule is CC(C)NNn1cc(F)ccc1=O. The molecule has 1 heterocycles. The molecule has 0 aliphatic carbocycles. The lowest BCUT2D eigenvalue weighted by Crippen LogP contribution is -2.40. The van der Waals surface area contributed by atoms with Crippen molar-refractivity contribution in [2.24, 2.45) is 0 Å². The fourth-order valence-corrected chi connectivity index (χ4v) is 0.747. The fraction of sp³-hybridized carbons (Fsp3) is 0.375. The van der Waals surface area contributed by atoms with E-state index in [1.165, 1.54) is 0 Å². The number of hydrogen-bond donors (Lipinski definition) is 2. The molecule has 0 saturated heterocycles. The van der Waals surface area contributed by atoms with Crippen LogP contribution < -0.4 is 16.5 Å². The first kappa shape index (κ1) is 9.73. The zero-order valence-corrected chi connectivity index (χ0v) is 7.54. The van der Waals surface area contributed by atoms with E-state index in [2.05, 4.69) is 11.0 Å². The molecule has 0 amide bonds. The van der Waals surface area contributed by atoms with Gasteiger partial charge in [0.1, 0.15) is 5.82 Å². The van der Waals surface area contributed by atoms with E-state index >= 15 is 0 Å². The van der Waals surface area contributed by atoms with Crippen LogP contribution in [0.15, 0.2) is 23.1 Å². The summed E-state index contributed by atoms with van der Waals surface area (Å²) in [6.45, 7) is 3.80. The highest BCUT2D eigenvalue weighted by Crippen LogP contribution is 1.88. The van der Waals surface area contributed by atoms with E-state index < -0.39 is 5.82 Å². The first-order valence-corrected chi connectivity index (χ1v) is 3.99. The Morgan fingerprint density at radius 3 is 2.77 bits per heavy atom. The van der Waals surface area contributed by atoms with Gasteiger partial charge in [0.25, 0.3) is 5.56 Å². The summed E-state index contributed by atoms with van der Waals surface area (Å²) in [6, 6.07) is 2.44. The number of aromatic nitrogens is 1. The predicted octanol–water partition coefficient (Wildman–Crippen LogP) is 0.444. The molecule has 0 atom stereocenters. The van der Waals surface area contributed by atoms with Crippen molar-refractivity contribution >= 4 is 0 Å². The molecule has 4 nitrogen and oxygen atoms in total. The van der Waals surface area contributed by atoms with Gasteiger partial charge in [-0.2, -0.15) is 0 Å². The number of nitrogens with one attached hydrogen (secondary N) is 2. The van der Waals surface area contributed by atoms with Gasteiger partial charge in [0.15, 0.2) is 0 Å². The van der Waals surface area contributed by atoms with Crippen LogP contribution in [0.4, 0.5) is 4.39 Å². The maximum absolute atomic E-state index is 12.6. The van der Waals surface area contributed by atoms with Gasteiger partial charge in [-0.15, -0.1) is 0 Å².